The van der Waals surface area contributed by atoms with E-state index in [-0.39, 0.29) is 46.9 Å². The van der Waals surface area contributed by atoms with E-state index < -0.39 is 16.1 Å². The lowest BCUT2D eigenvalue weighted by molar-refractivity contribution is -0.141. The minimum atomic E-state index is -3.77. The molecule has 1 saturated carbocycles. The largest absolute Gasteiger partial charge is 0.330 e. The molecule has 1 aromatic rings. The van der Waals surface area contributed by atoms with Gasteiger partial charge in [0, 0.05) is 25.2 Å². The molecule has 3 aliphatic heterocycles. The fourth-order valence-electron chi connectivity index (χ4n) is 5.91. The van der Waals surface area contributed by atoms with Gasteiger partial charge in [-0.05, 0) is 49.8 Å². The maximum atomic E-state index is 13.2. The van der Waals surface area contributed by atoms with Crippen molar-refractivity contribution in [2.45, 2.75) is 67.3 Å². The molecule has 11 heteroatoms. The summed E-state index contributed by atoms with van der Waals surface area (Å²) in [5.74, 6) is 0.235. The van der Waals surface area contributed by atoms with Crippen LogP contribution in [0.1, 0.15) is 37.8 Å². The van der Waals surface area contributed by atoms with Crippen molar-refractivity contribution in [1.29, 1.82) is 5.26 Å². The van der Waals surface area contributed by atoms with Crippen LogP contribution in [0.15, 0.2) is 29.2 Å². The number of piperidine rings is 1. The molecule has 3 heterocycles. The predicted molar refractivity (Wildman–Crippen MR) is 118 cm³/mol. The maximum Gasteiger partial charge on any atom is 0.242 e. The first-order chi connectivity index (χ1) is 15.6. The first kappa shape index (κ1) is 22.3. The molecule has 5 rings (SSSR count). The number of nitriles is 1. The molecule has 176 valence electrons. The Labute approximate surface area is 193 Å². The molecule has 1 aromatic carbocycles. The van der Waals surface area contributed by atoms with Gasteiger partial charge in [0.05, 0.1) is 29.1 Å². The normalized spacial score (nSPS) is 32.5. The van der Waals surface area contributed by atoms with Crippen LogP contribution in [-0.4, -0.2) is 78.2 Å². The summed E-state index contributed by atoms with van der Waals surface area (Å²) in [5.41, 5.74) is 7.09. The van der Waals surface area contributed by atoms with Crippen molar-refractivity contribution in [2.24, 2.45) is 16.8 Å². The summed E-state index contributed by atoms with van der Waals surface area (Å²) in [4.78, 5) is 31.7. The van der Waals surface area contributed by atoms with Crippen LogP contribution in [0.4, 0.5) is 0 Å². The number of hydrogen-bond acceptors (Lipinski definition) is 7. The van der Waals surface area contributed by atoms with Crippen molar-refractivity contribution in [1.82, 2.24) is 14.7 Å². The Balaban J connectivity index is 1.23. The monoisotopic (exact) mass is 472 g/mol. The standard InChI is InChI=1S/C22H28N6O4S/c1-12(13-2-4-17(5-3-13)33(25,31)32)27-16-8-20(22(27)30)26(10-16)11-18(24)21(29)28-15(9-23)6-14-7-19(14)28/h2-5,12,14-16,18-20H,6-8,10-11,24H2,1H3,(H2,25,31,32)/t12?,14-,15?,16+,18?,19+,20+/m1/s1. The van der Waals surface area contributed by atoms with Gasteiger partial charge in [-0.3, -0.25) is 14.5 Å². The number of hydrogen-bond donors (Lipinski definition) is 2. The first-order valence-corrected chi connectivity index (χ1v) is 12.8. The van der Waals surface area contributed by atoms with Gasteiger partial charge in [-0.15, -0.1) is 0 Å². The number of rotatable bonds is 6. The lowest BCUT2D eigenvalue weighted by Gasteiger charge is -2.38. The second kappa shape index (κ2) is 7.77. The minimum Gasteiger partial charge on any atom is -0.330 e. The Morgan fingerprint density at radius 2 is 1.94 bits per heavy atom. The highest BCUT2D eigenvalue weighted by molar-refractivity contribution is 7.89. The number of primary sulfonamides is 1. The van der Waals surface area contributed by atoms with E-state index in [0.29, 0.717) is 25.4 Å². The van der Waals surface area contributed by atoms with E-state index in [1.54, 1.807) is 17.0 Å². The highest BCUT2D eigenvalue weighted by atomic mass is 32.2. The fourth-order valence-corrected chi connectivity index (χ4v) is 6.42. The molecule has 4 fully saturated rings. The highest BCUT2D eigenvalue weighted by Gasteiger charge is 2.56. The number of benzene rings is 1. The molecule has 3 unspecified atom stereocenters. The van der Waals surface area contributed by atoms with Gasteiger partial charge in [0.25, 0.3) is 0 Å². The van der Waals surface area contributed by atoms with Crippen molar-refractivity contribution in [2.75, 3.05) is 13.1 Å². The number of likely N-dealkylation sites (tertiary alicyclic amines) is 3. The van der Waals surface area contributed by atoms with Gasteiger partial charge in [-0.1, -0.05) is 12.1 Å². The summed E-state index contributed by atoms with van der Waals surface area (Å²) in [6.07, 6.45) is 2.36. The van der Waals surface area contributed by atoms with Gasteiger partial charge in [0.1, 0.15) is 6.04 Å². The minimum absolute atomic E-state index is 0.00387. The second-order valence-corrected chi connectivity index (χ2v) is 11.3. The van der Waals surface area contributed by atoms with Gasteiger partial charge in [0.2, 0.25) is 21.8 Å². The zero-order valence-electron chi connectivity index (χ0n) is 18.4. The summed E-state index contributed by atoms with van der Waals surface area (Å²) in [5, 5.41) is 14.5. The third-order valence-electron chi connectivity index (χ3n) is 7.68. The Morgan fingerprint density at radius 1 is 1.24 bits per heavy atom. The van der Waals surface area contributed by atoms with Crippen LogP contribution in [0.25, 0.3) is 0 Å². The molecular formula is C22H28N6O4S. The van der Waals surface area contributed by atoms with Crippen molar-refractivity contribution in [3.05, 3.63) is 29.8 Å². The molecule has 10 nitrogen and oxygen atoms in total. The molecule has 2 amide bonds. The zero-order valence-corrected chi connectivity index (χ0v) is 19.2. The number of nitrogens with zero attached hydrogens (tertiary/aromatic N) is 4. The molecule has 0 radical (unpaired) electrons. The molecule has 0 spiro atoms. The van der Waals surface area contributed by atoms with Crippen molar-refractivity contribution in [3.63, 3.8) is 0 Å². The third kappa shape index (κ3) is 3.71. The first-order valence-electron chi connectivity index (χ1n) is 11.3. The van der Waals surface area contributed by atoms with Crippen LogP contribution in [0, 0.1) is 17.2 Å². The SMILES string of the molecule is CC(c1ccc(S(N)(=O)=O)cc1)N1C(=O)[C@@H]2C[C@H]1CN2CC(N)C(=O)N1C(C#N)C[C@@H]2C[C@@H]21. The number of carbonyl (C=O) groups excluding carboxylic acids is 2. The molecular weight excluding hydrogens is 444 g/mol. The van der Waals surface area contributed by atoms with E-state index in [1.807, 2.05) is 16.7 Å². The zero-order chi connectivity index (χ0) is 23.7. The van der Waals surface area contributed by atoms with E-state index in [4.69, 9.17) is 10.9 Å². The second-order valence-electron chi connectivity index (χ2n) is 9.69. The van der Waals surface area contributed by atoms with E-state index in [1.165, 1.54) is 12.1 Å². The highest BCUT2D eigenvalue weighted by Crippen LogP contribution is 2.48. The number of nitrogens with two attached hydrogens (primary N) is 2. The molecule has 3 saturated heterocycles. The molecule has 4 N–H and O–H groups in total. The van der Waals surface area contributed by atoms with E-state index in [2.05, 4.69) is 6.07 Å². The Morgan fingerprint density at radius 3 is 2.55 bits per heavy atom. The van der Waals surface area contributed by atoms with Crippen molar-refractivity contribution >= 4 is 21.8 Å². The lowest BCUT2D eigenvalue weighted by Crippen LogP contribution is -2.57. The third-order valence-corrected chi connectivity index (χ3v) is 8.61. The van der Waals surface area contributed by atoms with Crippen LogP contribution in [0.2, 0.25) is 0 Å². The van der Waals surface area contributed by atoms with Crippen molar-refractivity contribution in [3.8, 4) is 6.07 Å². The number of piperazine rings is 1. The lowest BCUT2D eigenvalue weighted by atomic mass is 10.1. The fraction of sp³-hybridized carbons (Fsp3) is 0.591. The molecule has 7 atom stereocenters. The average Bonchev–Trinajstić information content (AvgIpc) is 3.11. The van der Waals surface area contributed by atoms with Gasteiger partial charge in [-0.25, -0.2) is 13.6 Å². The van der Waals surface area contributed by atoms with Gasteiger partial charge >= 0.3 is 0 Å². The Hall–Kier alpha value is -2.52. The maximum absolute atomic E-state index is 13.2. The van der Waals surface area contributed by atoms with Gasteiger partial charge < -0.3 is 15.5 Å². The molecule has 33 heavy (non-hydrogen) atoms. The van der Waals surface area contributed by atoms with Crippen LogP contribution < -0.4 is 10.9 Å². The molecule has 0 aromatic heterocycles. The number of sulfonamides is 1. The van der Waals surface area contributed by atoms with E-state index in [9.17, 15) is 23.3 Å². The van der Waals surface area contributed by atoms with E-state index >= 15 is 0 Å². The summed E-state index contributed by atoms with van der Waals surface area (Å²) in [7, 11) is -3.77. The predicted octanol–water partition coefficient (Wildman–Crippen LogP) is -0.480. The molecule has 4 aliphatic rings. The summed E-state index contributed by atoms with van der Waals surface area (Å²) >= 11 is 0. The summed E-state index contributed by atoms with van der Waals surface area (Å²) in [6, 6.07) is 6.96. The topological polar surface area (TPSA) is 154 Å². The van der Waals surface area contributed by atoms with Gasteiger partial charge in [-0.2, -0.15) is 5.26 Å². The number of fused-ring (bicyclic) bond motifs is 3. The number of amides is 2. The van der Waals surface area contributed by atoms with Crippen LogP contribution in [0.3, 0.4) is 0 Å². The molecule has 2 bridgehead atoms. The summed E-state index contributed by atoms with van der Waals surface area (Å²) < 4.78 is 23.0. The average molecular weight is 473 g/mol. The van der Waals surface area contributed by atoms with Crippen LogP contribution in [-0.2, 0) is 19.6 Å². The summed E-state index contributed by atoms with van der Waals surface area (Å²) in [6.45, 7) is 2.85. The Kier molecular flexibility index (Phi) is 5.25. The van der Waals surface area contributed by atoms with E-state index in [0.717, 1.165) is 18.4 Å². The van der Waals surface area contributed by atoms with Crippen LogP contribution >= 0.6 is 0 Å². The quantitative estimate of drug-likeness (QED) is 0.567. The van der Waals surface area contributed by atoms with Gasteiger partial charge in [0.15, 0.2) is 0 Å². The Bertz CT molecular complexity index is 1130. The number of carbonyl (C=O) groups is 2. The van der Waals surface area contributed by atoms with Crippen molar-refractivity contribution < 1.29 is 18.0 Å². The molecule has 1 aliphatic carbocycles. The van der Waals surface area contributed by atoms with Crippen LogP contribution in [0.5, 0.6) is 0 Å². The smallest absolute Gasteiger partial charge is 0.242 e.